The van der Waals surface area contributed by atoms with E-state index in [1.165, 1.54) is 5.56 Å². The number of rotatable bonds is 6. The van der Waals surface area contributed by atoms with Crippen LogP contribution in [0.5, 0.6) is 0 Å². The van der Waals surface area contributed by atoms with Crippen LogP contribution in [0.25, 0.3) is 0 Å². The zero-order valence-corrected chi connectivity index (χ0v) is 10.3. The molecule has 0 saturated heterocycles. The van der Waals surface area contributed by atoms with Gasteiger partial charge in [0.2, 0.25) is 0 Å². The third-order valence-corrected chi connectivity index (χ3v) is 3.44. The van der Waals surface area contributed by atoms with Gasteiger partial charge in [-0.1, -0.05) is 30.3 Å². The Bertz CT molecular complexity index is 322. The van der Waals surface area contributed by atoms with Crippen LogP contribution in [0.4, 0.5) is 0 Å². The van der Waals surface area contributed by atoms with Crippen LogP contribution >= 0.6 is 0 Å². The number of benzene rings is 1. The highest BCUT2D eigenvalue weighted by Gasteiger charge is 2.30. The molecular formula is C14H21NO2. The molecular weight excluding hydrogens is 214 g/mol. The molecule has 2 N–H and O–H groups in total. The standard InChI is InChI=1S/C14H21NO2/c1-17-14-8-12(9-14)15-13(10-16)7-11-5-3-2-4-6-11/h2-6,12-16H,7-10H2,1H3/t12?,13-,14?/m1/s1. The maximum Gasteiger partial charge on any atom is 0.0601 e. The van der Waals surface area contributed by atoms with Crippen LogP contribution in [0.1, 0.15) is 18.4 Å². The lowest BCUT2D eigenvalue weighted by Crippen LogP contribution is -2.50. The second-order valence-electron chi connectivity index (χ2n) is 4.76. The van der Waals surface area contributed by atoms with E-state index >= 15 is 0 Å². The molecule has 0 aliphatic heterocycles. The van der Waals surface area contributed by atoms with Crippen molar-refractivity contribution < 1.29 is 9.84 Å². The van der Waals surface area contributed by atoms with Crippen molar-refractivity contribution in [3.63, 3.8) is 0 Å². The number of nitrogens with one attached hydrogen (secondary N) is 1. The number of aliphatic hydroxyl groups excluding tert-OH is 1. The minimum absolute atomic E-state index is 0.153. The Kier molecular flexibility index (Phi) is 4.54. The van der Waals surface area contributed by atoms with Crippen molar-refractivity contribution in [1.29, 1.82) is 0 Å². The van der Waals surface area contributed by atoms with Crippen LogP contribution in [-0.2, 0) is 11.2 Å². The Hall–Kier alpha value is -0.900. The molecule has 1 saturated carbocycles. The lowest BCUT2D eigenvalue weighted by atomic mass is 9.88. The van der Waals surface area contributed by atoms with Crippen LogP contribution < -0.4 is 5.32 Å². The van der Waals surface area contributed by atoms with Crippen molar-refractivity contribution in [3.8, 4) is 0 Å². The Balaban J connectivity index is 1.78. The molecule has 3 nitrogen and oxygen atoms in total. The van der Waals surface area contributed by atoms with Gasteiger partial charge in [-0.05, 0) is 24.8 Å². The van der Waals surface area contributed by atoms with E-state index in [-0.39, 0.29) is 12.6 Å². The van der Waals surface area contributed by atoms with Crippen LogP contribution in [-0.4, -0.2) is 37.0 Å². The molecule has 17 heavy (non-hydrogen) atoms. The van der Waals surface area contributed by atoms with Gasteiger partial charge in [0.1, 0.15) is 0 Å². The molecule has 1 fully saturated rings. The summed E-state index contributed by atoms with van der Waals surface area (Å²) in [5, 5.41) is 12.9. The SMILES string of the molecule is COC1CC(N[C@@H](CO)Cc2ccccc2)C1. The van der Waals surface area contributed by atoms with Crippen molar-refractivity contribution in [3.05, 3.63) is 35.9 Å². The molecule has 0 heterocycles. The molecule has 0 radical (unpaired) electrons. The van der Waals surface area contributed by atoms with Gasteiger partial charge >= 0.3 is 0 Å². The van der Waals surface area contributed by atoms with E-state index in [0.717, 1.165) is 19.3 Å². The average molecular weight is 235 g/mol. The number of hydrogen-bond donors (Lipinski definition) is 2. The molecule has 94 valence electrons. The van der Waals surface area contributed by atoms with Crippen LogP contribution in [0.15, 0.2) is 30.3 Å². The highest BCUT2D eigenvalue weighted by atomic mass is 16.5. The maximum atomic E-state index is 9.39. The van der Waals surface area contributed by atoms with Gasteiger partial charge in [-0.25, -0.2) is 0 Å². The number of hydrogen-bond acceptors (Lipinski definition) is 3. The second-order valence-corrected chi connectivity index (χ2v) is 4.76. The van der Waals surface area contributed by atoms with Crippen LogP contribution in [0.2, 0.25) is 0 Å². The molecule has 0 amide bonds. The number of ether oxygens (including phenoxy) is 1. The number of aliphatic hydroxyl groups is 1. The number of methoxy groups -OCH3 is 1. The smallest absolute Gasteiger partial charge is 0.0601 e. The van der Waals surface area contributed by atoms with Crippen LogP contribution in [0, 0.1) is 0 Å². The summed E-state index contributed by atoms with van der Waals surface area (Å²) >= 11 is 0. The topological polar surface area (TPSA) is 41.5 Å². The van der Waals surface area contributed by atoms with Gasteiger partial charge in [-0.15, -0.1) is 0 Å². The van der Waals surface area contributed by atoms with Crippen molar-refractivity contribution in [2.45, 2.75) is 37.5 Å². The minimum atomic E-state index is 0.153. The van der Waals surface area contributed by atoms with E-state index in [0.29, 0.717) is 12.1 Å². The first kappa shape index (κ1) is 12.6. The Labute approximate surface area is 103 Å². The monoisotopic (exact) mass is 235 g/mol. The van der Waals surface area contributed by atoms with E-state index in [9.17, 15) is 5.11 Å². The van der Waals surface area contributed by atoms with Crippen molar-refractivity contribution in [1.82, 2.24) is 5.32 Å². The molecule has 0 unspecified atom stereocenters. The summed E-state index contributed by atoms with van der Waals surface area (Å²) in [4.78, 5) is 0. The zero-order valence-electron chi connectivity index (χ0n) is 10.3. The van der Waals surface area contributed by atoms with Crippen LogP contribution in [0.3, 0.4) is 0 Å². The van der Waals surface area contributed by atoms with E-state index in [1.807, 2.05) is 18.2 Å². The fourth-order valence-electron chi connectivity index (χ4n) is 2.30. The molecule has 1 aromatic carbocycles. The fraction of sp³-hybridized carbons (Fsp3) is 0.571. The predicted molar refractivity (Wildman–Crippen MR) is 68.0 cm³/mol. The van der Waals surface area contributed by atoms with Gasteiger partial charge in [-0.3, -0.25) is 0 Å². The van der Waals surface area contributed by atoms with E-state index < -0.39 is 0 Å². The third-order valence-electron chi connectivity index (χ3n) is 3.44. The van der Waals surface area contributed by atoms with Gasteiger partial charge in [0.15, 0.2) is 0 Å². The van der Waals surface area contributed by atoms with Gasteiger partial charge in [0.05, 0.1) is 12.7 Å². The van der Waals surface area contributed by atoms with Gasteiger partial charge in [0, 0.05) is 19.2 Å². The molecule has 1 aromatic rings. The highest BCUT2D eigenvalue weighted by Crippen LogP contribution is 2.23. The fourth-order valence-corrected chi connectivity index (χ4v) is 2.30. The molecule has 2 rings (SSSR count). The summed E-state index contributed by atoms with van der Waals surface area (Å²) in [7, 11) is 1.76. The zero-order chi connectivity index (χ0) is 12.1. The first-order chi connectivity index (χ1) is 8.31. The van der Waals surface area contributed by atoms with E-state index in [2.05, 4.69) is 17.4 Å². The lowest BCUT2D eigenvalue weighted by Gasteiger charge is -2.37. The summed E-state index contributed by atoms with van der Waals surface area (Å²) in [5.74, 6) is 0. The maximum absolute atomic E-state index is 9.39. The lowest BCUT2D eigenvalue weighted by molar-refractivity contribution is 0.0118. The van der Waals surface area contributed by atoms with Crippen molar-refractivity contribution >= 4 is 0 Å². The van der Waals surface area contributed by atoms with E-state index in [1.54, 1.807) is 7.11 Å². The quantitative estimate of drug-likeness (QED) is 0.782. The average Bonchev–Trinajstić information content (AvgIpc) is 2.33. The molecule has 1 aliphatic carbocycles. The van der Waals surface area contributed by atoms with Crippen molar-refractivity contribution in [2.24, 2.45) is 0 Å². The first-order valence-electron chi connectivity index (χ1n) is 6.25. The normalized spacial score (nSPS) is 25.3. The molecule has 0 bridgehead atoms. The summed E-state index contributed by atoms with van der Waals surface area (Å²) in [5.41, 5.74) is 1.27. The Morgan fingerprint density at radius 1 is 1.35 bits per heavy atom. The summed E-state index contributed by atoms with van der Waals surface area (Å²) < 4.78 is 5.25. The molecule has 0 spiro atoms. The Morgan fingerprint density at radius 3 is 2.65 bits per heavy atom. The van der Waals surface area contributed by atoms with E-state index in [4.69, 9.17) is 4.74 Å². The largest absolute Gasteiger partial charge is 0.395 e. The molecule has 0 aromatic heterocycles. The summed E-state index contributed by atoms with van der Waals surface area (Å²) in [6.07, 6.45) is 3.40. The van der Waals surface area contributed by atoms with Gasteiger partial charge in [0.25, 0.3) is 0 Å². The first-order valence-corrected chi connectivity index (χ1v) is 6.25. The summed E-state index contributed by atoms with van der Waals surface area (Å²) in [6, 6.07) is 10.9. The molecule has 3 heteroatoms. The highest BCUT2D eigenvalue weighted by molar-refractivity contribution is 5.16. The minimum Gasteiger partial charge on any atom is -0.395 e. The predicted octanol–water partition coefficient (Wildman–Crippen LogP) is 1.36. The van der Waals surface area contributed by atoms with Crippen molar-refractivity contribution in [2.75, 3.05) is 13.7 Å². The van der Waals surface area contributed by atoms with Gasteiger partial charge < -0.3 is 15.2 Å². The van der Waals surface area contributed by atoms with Gasteiger partial charge in [-0.2, -0.15) is 0 Å². The molecule has 1 atom stereocenters. The summed E-state index contributed by atoms with van der Waals surface area (Å²) in [6.45, 7) is 0.184. The second kappa shape index (κ2) is 6.15. The molecule has 1 aliphatic rings. The Morgan fingerprint density at radius 2 is 2.06 bits per heavy atom. The third kappa shape index (κ3) is 3.53.